The van der Waals surface area contributed by atoms with Crippen molar-refractivity contribution >= 4 is 27.5 Å². The lowest BCUT2D eigenvalue weighted by Crippen LogP contribution is -2.48. The van der Waals surface area contributed by atoms with Gasteiger partial charge in [0.05, 0.1) is 11.0 Å². The van der Waals surface area contributed by atoms with Gasteiger partial charge in [-0.2, -0.15) is 0 Å². The van der Waals surface area contributed by atoms with E-state index in [1.807, 2.05) is 20.8 Å². The van der Waals surface area contributed by atoms with Gasteiger partial charge in [-0.3, -0.25) is 4.98 Å². The number of aromatic nitrogens is 3. The fourth-order valence-corrected chi connectivity index (χ4v) is 6.13. The Kier molecular flexibility index (Phi) is 6.17. The van der Waals surface area contributed by atoms with Crippen LogP contribution in [0.4, 0.5) is 14.6 Å². The SMILES string of the molecule is CCc1c(F)ccc2cc(O)cc(-c3ncc4c(N5CCCC6(CCCO6)C5)nc(C(C)C)nc4c3F)c12. The lowest BCUT2D eigenvalue weighted by atomic mass is 9.90. The molecular formula is C30H32F2N4O2. The maximum absolute atomic E-state index is 16.5. The Bertz CT molecular complexity index is 1550. The van der Waals surface area contributed by atoms with E-state index in [1.165, 1.54) is 12.1 Å². The van der Waals surface area contributed by atoms with Gasteiger partial charge in [0, 0.05) is 37.4 Å². The first-order chi connectivity index (χ1) is 18.3. The summed E-state index contributed by atoms with van der Waals surface area (Å²) in [6.45, 7) is 8.11. The molecule has 2 fully saturated rings. The number of anilines is 1. The van der Waals surface area contributed by atoms with Gasteiger partial charge in [0.15, 0.2) is 5.82 Å². The molecule has 0 aliphatic carbocycles. The van der Waals surface area contributed by atoms with Crippen molar-refractivity contribution in [2.45, 2.75) is 64.4 Å². The van der Waals surface area contributed by atoms with Gasteiger partial charge in [0.1, 0.15) is 34.4 Å². The van der Waals surface area contributed by atoms with Crippen LogP contribution in [-0.4, -0.2) is 45.4 Å². The number of ether oxygens (including phenoxy) is 1. The Morgan fingerprint density at radius 3 is 2.68 bits per heavy atom. The van der Waals surface area contributed by atoms with E-state index in [9.17, 15) is 9.50 Å². The number of hydrogen-bond acceptors (Lipinski definition) is 6. The summed E-state index contributed by atoms with van der Waals surface area (Å²) in [4.78, 5) is 16.3. The van der Waals surface area contributed by atoms with Gasteiger partial charge in [0.2, 0.25) is 0 Å². The van der Waals surface area contributed by atoms with E-state index in [1.54, 1.807) is 18.3 Å². The van der Waals surface area contributed by atoms with Crippen LogP contribution in [0.5, 0.6) is 5.75 Å². The maximum atomic E-state index is 16.5. The second kappa shape index (κ2) is 9.42. The van der Waals surface area contributed by atoms with Crippen molar-refractivity contribution < 1.29 is 18.6 Å². The molecule has 1 N–H and O–H groups in total. The second-order valence-corrected chi connectivity index (χ2v) is 10.9. The number of nitrogens with zero attached hydrogens (tertiary/aromatic N) is 4. The van der Waals surface area contributed by atoms with Crippen LogP contribution in [0.1, 0.15) is 63.8 Å². The minimum absolute atomic E-state index is 0.0157. The maximum Gasteiger partial charge on any atom is 0.175 e. The number of aryl methyl sites for hydroxylation is 1. The molecule has 38 heavy (non-hydrogen) atoms. The summed E-state index contributed by atoms with van der Waals surface area (Å²) in [5, 5.41) is 12.2. The van der Waals surface area contributed by atoms with Crippen LogP contribution < -0.4 is 4.90 Å². The lowest BCUT2D eigenvalue weighted by molar-refractivity contribution is -0.00631. The molecule has 8 heteroatoms. The third kappa shape index (κ3) is 4.06. The van der Waals surface area contributed by atoms with E-state index in [4.69, 9.17) is 9.72 Å². The molecule has 6 nitrogen and oxygen atoms in total. The number of benzene rings is 2. The number of piperidine rings is 1. The fraction of sp³-hybridized carbons (Fsp3) is 0.433. The zero-order chi connectivity index (χ0) is 26.6. The topological polar surface area (TPSA) is 71.4 Å². The zero-order valence-electron chi connectivity index (χ0n) is 22.0. The molecule has 1 atom stereocenters. The molecule has 0 bridgehead atoms. The van der Waals surface area contributed by atoms with E-state index in [2.05, 4.69) is 14.9 Å². The monoisotopic (exact) mass is 518 g/mol. The Hall–Kier alpha value is -3.39. The minimum atomic E-state index is -0.602. The Balaban J connectivity index is 1.57. The molecule has 0 saturated carbocycles. The Labute approximate surface area is 220 Å². The van der Waals surface area contributed by atoms with Gasteiger partial charge in [-0.25, -0.2) is 18.7 Å². The normalized spacial score (nSPS) is 19.9. The number of hydrogen-bond donors (Lipinski definition) is 1. The molecule has 2 aliphatic heterocycles. The van der Waals surface area contributed by atoms with Gasteiger partial charge in [0.25, 0.3) is 0 Å². The summed E-state index contributed by atoms with van der Waals surface area (Å²) in [5.41, 5.74) is 0.841. The quantitative estimate of drug-likeness (QED) is 0.326. The molecule has 2 saturated heterocycles. The van der Waals surface area contributed by atoms with Crippen LogP contribution >= 0.6 is 0 Å². The first kappa shape index (κ1) is 24.9. The summed E-state index contributed by atoms with van der Waals surface area (Å²) in [6.07, 6.45) is 6.08. The molecule has 1 unspecified atom stereocenters. The van der Waals surface area contributed by atoms with Crippen molar-refractivity contribution in [3.8, 4) is 17.0 Å². The number of phenols is 1. The van der Waals surface area contributed by atoms with Crippen molar-refractivity contribution in [3.63, 3.8) is 0 Å². The molecule has 1 spiro atoms. The van der Waals surface area contributed by atoms with Gasteiger partial charge in [-0.05, 0) is 66.6 Å². The smallest absolute Gasteiger partial charge is 0.175 e. The van der Waals surface area contributed by atoms with E-state index < -0.39 is 5.82 Å². The molecular weight excluding hydrogens is 486 g/mol. The van der Waals surface area contributed by atoms with E-state index in [0.717, 1.165) is 38.8 Å². The van der Waals surface area contributed by atoms with E-state index in [0.29, 0.717) is 51.9 Å². The van der Waals surface area contributed by atoms with Gasteiger partial charge >= 0.3 is 0 Å². The summed E-state index contributed by atoms with van der Waals surface area (Å²) in [6, 6.07) is 5.99. The summed E-state index contributed by atoms with van der Waals surface area (Å²) < 4.78 is 37.4. The molecule has 0 amide bonds. The predicted molar refractivity (Wildman–Crippen MR) is 145 cm³/mol. The number of halogens is 2. The van der Waals surface area contributed by atoms with Crippen molar-refractivity contribution in [2.24, 2.45) is 0 Å². The largest absolute Gasteiger partial charge is 0.508 e. The summed E-state index contributed by atoms with van der Waals surface area (Å²) in [5.74, 6) is 0.203. The first-order valence-electron chi connectivity index (χ1n) is 13.5. The van der Waals surface area contributed by atoms with Crippen LogP contribution in [0.15, 0.2) is 30.5 Å². The Morgan fingerprint density at radius 1 is 1.13 bits per heavy atom. The highest BCUT2D eigenvalue weighted by Gasteiger charge is 2.40. The van der Waals surface area contributed by atoms with Crippen LogP contribution in [-0.2, 0) is 11.2 Å². The lowest BCUT2D eigenvalue weighted by Gasteiger charge is -2.40. The average molecular weight is 519 g/mol. The van der Waals surface area contributed by atoms with Gasteiger partial charge in [-0.1, -0.05) is 26.8 Å². The van der Waals surface area contributed by atoms with E-state index >= 15 is 4.39 Å². The van der Waals surface area contributed by atoms with Crippen LogP contribution in [0, 0.1) is 11.6 Å². The third-order valence-corrected chi connectivity index (χ3v) is 7.98. The molecule has 4 aromatic rings. The molecule has 0 radical (unpaired) electrons. The second-order valence-electron chi connectivity index (χ2n) is 10.9. The van der Waals surface area contributed by atoms with Crippen LogP contribution in [0.3, 0.4) is 0 Å². The number of pyridine rings is 1. The molecule has 198 valence electrons. The highest BCUT2D eigenvalue weighted by molar-refractivity contribution is 6.01. The number of rotatable bonds is 4. The number of aromatic hydroxyl groups is 1. The number of fused-ring (bicyclic) bond motifs is 2. The highest BCUT2D eigenvalue weighted by Crippen LogP contribution is 2.41. The van der Waals surface area contributed by atoms with Crippen molar-refractivity contribution in [3.05, 3.63) is 53.5 Å². The van der Waals surface area contributed by atoms with Crippen molar-refractivity contribution in [1.82, 2.24) is 15.0 Å². The fourth-order valence-electron chi connectivity index (χ4n) is 6.13. The minimum Gasteiger partial charge on any atom is -0.508 e. The first-order valence-corrected chi connectivity index (χ1v) is 13.5. The van der Waals surface area contributed by atoms with Crippen molar-refractivity contribution in [2.75, 3.05) is 24.6 Å². The molecule has 2 aliphatic rings. The summed E-state index contributed by atoms with van der Waals surface area (Å²) in [7, 11) is 0. The number of phenolic OH excluding ortho intramolecular Hbond substituents is 1. The molecule has 2 aromatic heterocycles. The van der Waals surface area contributed by atoms with Crippen molar-refractivity contribution in [1.29, 1.82) is 0 Å². The van der Waals surface area contributed by atoms with E-state index in [-0.39, 0.29) is 34.3 Å². The Morgan fingerprint density at radius 2 is 1.95 bits per heavy atom. The average Bonchev–Trinajstić information content (AvgIpc) is 3.35. The van der Waals surface area contributed by atoms with Crippen LogP contribution in [0.25, 0.3) is 32.9 Å². The molecule has 6 rings (SSSR count). The highest BCUT2D eigenvalue weighted by atomic mass is 19.1. The third-order valence-electron chi connectivity index (χ3n) is 7.98. The molecule has 4 heterocycles. The summed E-state index contributed by atoms with van der Waals surface area (Å²) >= 11 is 0. The van der Waals surface area contributed by atoms with Crippen LogP contribution in [0.2, 0.25) is 0 Å². The standard InChI is InChI=1S/C30H32F2N4O2/c1-4-20-23(31)8-7-18-13-19(37)14-21(24(18)20)26-25(32)27-22(15-33-26)29(35-28(34-27)17(2)3)36-11-5-9-30(16-36)10-6-12-38-30/h7-8,13-15,17,37H,4-6,9-12,16H2,1-3H3. The molecule has 2 aromatic carbocycles. The zero-order valence-corrected chi connectivity index (χ0v) is 22.0. The predicted octanol–water partition coefficient (Wildman–Crippen LogP) is 6.66. The van der Waals surface area contributed by atoms with Gasteiger partial charge in [-0.15, -0.1) is 0 Å². The van der Waals surface area contributed by atoms with Gasteiger partial charge < -0.3 is 14.7 Å².